The quantitative estimate of drug-likeness (QED) is 0.759. The summed E-state index contributed by atoms with van der Waals surface area (Å²) in [7, 11) is 1.16. The predicted octanol–water partition coefficient (Wildman–Crippen LogP) is 1.55. The van der Waals surface area contributed by atoms with Crippen molar-refractivity contribution in [3.05, 3.63) is 23.0 Å². The summed E-state index contributed by atoms with van der Waals surface area (Å²) in [5.41, 5.74) is -0.266. The molecule has 1 aromatic rings. The van der Waals surface area contributed by atoms with Gasteiger partial charge in [0.1, 0.15) is 0 Å². The highest BCUT2D eigenvalue weighted by Crippen LogP contribution is 2.34. The molecule has 0 aliphatic rings. The standard InChI is InChI=1S/C9H9FO4/c1-4-3-5(9(12)13)6(10)8(14-2)7(4)11/h3,11H,1-2H3,(H,12,13). The summed E-state index contributed by atoms with van der Waals surface area (Å²) in [5, 5.41) is 18.0. The number of ether oxygens (including phenoxy) is 1. The number of hydrogen-bond donors (Lipinski definition) is 2. The first kappa shape index (κ1) is 10.3. The summed E-state index contributed by atoms with van der Waals surface area (Å²) in [5.74, 6) is -3.29. The number of methoxy groups -OCH3 is 1. The van der Waals surface area contributed by atoms with E-state index in [2.05, 4.69) is 4.74 Å². The van der Waals surface area contributed by atoms with E-state index in [1.165, 1.54) is 6.92 Å². The first-order valence-electron chi connectivity index (χ1n) is 3.78. The number of carboxylic acids is 1. The zero-order valence-electron chi connectivity index (χ0n) is 7.67. The van der Waals surface area contributed by atoms with Crippen LogP contribution in [0.3, 0.4) is 0 Å². The van der Waals surface area contributed by atoms with E-state index in [0.717, 1.165) is 13.2 Å². The monoisotopic (exact) mass is 200 g/mol. The van der Waals surface area contributed by atoms with Gasteiger partial charge in [-0.25, -0.2) is 9.18 Å². The fourth-order valence-corrected chi connectivity index (χ4v) is 1.10. The Balaban J connectivity index is 3.50. The molecule has 0 aromatic heterocycles. The normalized spacial score (nSPS) is 9.93. The van der Waals surface area contributed by atoms with Crippen molar-refractivity contribution in [1.82, 2.24) is 0 Å². The lowest BCUT2D eigenvalue weighted by atomic mass is 10.1. The molecular weight excluding hydrogens is 191 g/mol. The molecule has 0 fully saturated rings. The van der Waals surface area contributed by atoms with Gasteiger partial charge in [-0.2, -0.15) is 0 Å². The molecule has 14 heavy (non-hydrogen) atoms. The molecular formula is C9H9FO4. The molecule has 4 nitrogen and oxygen atoms in total. The number of hydrogen-bond acceptors (Lipinski definition) is 3. The van der Waals surface area contributed by atoms with Crippen LogP contribution < -0.4 is 4.74 Å². The Bertz CT molecular complexity index is 387. The Morgan fingerprint density at radius 3 is 2.57 bits per heavy atom. The number of halogens is 1. The zero-order chi connectivity index (χ0) is 10.9. The minimum atomic E-state index is -1.40. The zero-order valence-corrected chi connectivity index (χ0v) is 7.67. The lowest BCUT2D eigenvalue weighted by Gasteiger charge is -2.09. The van der Waals surface area contributed by atoms with Crippen LogP contribution in [-0.4, -0.2) is 23.3 Å². The molecule has 0 aliphatic carbocycles. The van der Waals surface area contributed by atoms with Gasteiger partial charge in [0, 0.05) is 0 Å². The summed E-state index contributed by atoms with van der Waals surface area (Å²) < 4.78 is 17.9. The summed E-state index contributed by atoms with van der Waals surface area (Å²) in [4.78, 5) is 10.6. The lowest BCUT2D eigenvalue weighted by Crippen LogP contribution is -2.03. The number of carbonyl (C=O) groups is 1. The number of benzene rings is 1. The molecule has 0 aliphatic heterocycles. The third-order valence-electron chi connectivity index (χ3n) is 1.82. The molecule has 1 rings (SSSR count). The van der Waals surface area contributed by atoms with Gasteiger partial charge in [-0.15, -0.1) is 0 Å². The molecule has 1 aromatic carbocycles. The fourth-order valence-electron chi connectivity index (χ4n) is 1.10. The number of carboxylic acid groups (broad SMARTS) is 1. The number of aromatic carboxylic acids is 1. The van der Waals surface area contributed by atoms with Crippen LogP contribution in [0.5, 0.6) is 11.5 Å². The highest BCUT2D eigenvalue weighted by atomic mass is 19.1. The average Bonchev–Trinajstić information content (AvgIpc) is 2.12. The molecule has 0 saturated heterocycles. The molecule has 5 heteroatoms. The third-order valence-corrected chi connectivity index (χ3v) is 1.82. The maximum Gasteiger partial charge on any atom is 0.338 e. The van der Waals surface area contributed by atoms with Gasteiger partial charge >= 0.3 is 5.97 Å². The number of phenols is 1. The molecule has 0 bridgehead atoms. The first-order chi connectivity index (χ1) is 6.49. The van der Waals surface area contributed by atoms with E-state index in [1.807, 2.05) is 0 Å². The SMILES string of the molecule is COc1c(O)c(C)cc(C(=O)O)c1F. The molecule has 0 atom stereocenters. The predicted molar refractivity (Wildman–Crippen MR) is 46.3 cm³/mol. The Hall–Kier alpha value is -1.78. The maximum absolute atomic E-state index is 13.3. The number of rotatable bonds is 2. The molecule has 76 valence electrons. The minimum Gasteiger partial charge on any atom is -0.504 e. The van der Waals surface area contributed by atoms with Gasteiger partial charge < -0.3 is 14.9 Å². The molecule has 0 amide bonds. The molecule has 0 unspecified atom stereocenters. The van der Waals surface area contributed by atoms with Crippen molar-refractivity contribution in [2.75, 3.05) is 7.11 Å². The van der Waals surface area contributed by atoms with Crippen molar-refractivity contribution in [3.8, 4) is 11.5 Å². The van der Waals surface area contributed by atoms with Gasteiger partial charge in [-0.1, -0.05) is 0 Å². The van der Waals surface area contributed by atoms with Crippen LogP contribution in [0.4, 0.5) is 4.39 Å². The van der Waals surface area contributed by atoms with Gasteiger partial charge in [0.05, 0.1) is 12.7 Å². The molecule has 2 N–H and O–H groups in total. The van der Waals surface area contributed by atoms with E-state index in [1.54, 1.807) is 0 Å². The number of aromatic hydroxyl groups is 1. The van der Waals surface area contributed by atoms with Crippen LogP contribution in [0.2, 0.25) is 0 Å². The van der Waals surface area contributed by atoms with Crippen molar-refractivity contribution in [1.29, 1.82) is 0 Å². The highest BCUT2D eigenvalue weighted by molar-refractivity contribution is 5.89. The second-order valence-corrected chi connectivity index (χ2v) is 2.74. The summed E-state index contributed by atoms with van der Waals surface area (Å²) in [6.45, 7) is 1.46. The van der Waals surface area contributed by atoms with E-state index in [0.29, 0.717) is 0 Å². The second kappa shape index (κ2) is 3.53. The lowest BCUT2D eigenvalue weighted by molar-refractivity contribution is 0.0691. The fraction of sp³-hybridized carbons (Fsp3) is 0.222. The van der Waals surface area contributed by atoms with Crippen molar-refractivity contribution in [2.24, 2.45) is 0 Å². The molecule has 0 radical (unpaired) electrons. The smallest absolute Gasteiger partial charge is 0.338 e. The van der Waals surface area contributed by atoms with Crippen LogP contribution in [-0.2, 0) is 0 Å². The van der Waals surface area contributed by atoms with E-state index in [4.69, 9.17) is 5.11 Å². The Morgan fingerprint density at radius 2 is 2.14 bits per heavy atom. The van der Waals surface area contributed by atoms with Crippen LogP contribution in [0.25, 0.3) is 0 Å². The number of aryl methyl sites for hydroxylation is 1. The summed E-state index contributed by atoms with van der Waals surface area (Å²) in [6, 6.07) is 1.05. The Labute approximate surface area is 79.6 Å². The van der Waals surface area contributed by atoms with Gasteiger partial charge in [0.15, 0.2) is 17.3 Å². The first-order valence-corrected chi connectivity index (χ1v) is 3.78. The van der Waals surface area contributed by atoms with Gasteiger partial charge in [0.2, 0.25) is 0 Å². The average molecular weight is 200 g/mol. The molecule has 0 saturated carbocycles. The van der Waals surface area contributed by atoms with Crippen LogP contribution in [0, 0.1) is 12.7 Å². The van der Waals surface area contributed by atoms with Crippen molar-refractivity contribution in [3.63, 3.8) is 0 Å². The topological polar surface area (TPSA) is 66.8 Å². The van der Waals surface area contributed by atoms with Gasteiger partial charge in [0.25, 0.3) is 0 Å². The minimum absolute atomic E-state index is 0.251. The second-order valence-electron chi connectivity index (χ2n) is 2.74. The Morgan fingerprint density at radius 1 is 1.57 bits per heavy atom. The van der Waals surface area contributed by atoms with E-state index < -0.39 is 23.1 Å². The van der Waals surface area contributed by atoms with Gasteiger partial charge in [-0.3, -0.25) is 0 Å². The van der Waals surface area contributed by atoms with Crippen LogP contribution in [0.1, 0.15) is 15.9 Å². The number of phenolic OH excluding ortho intramolecular Hbond substituents is 1. The van der Waals surface area contributed by atoms with Crippen LogP contribution >= 0.6 is 0 Å². The van der Waals surface area contributed by atoms with E-state index in [-0.39, 0.29) is 11.3 Å². The van der Waals surface area contributed by atoms with E-state index in [9.17, 15) is 14.3 Å². The van der Waals surface area contributed by atoms with Crippen LogP contribution in [0.15, 0.2) is 6.07 Å². The van der Waals surface area contributed by atoms with Crippen molar-refractivity contribution in [2.45, 2.75) is 6.92 Å². The molecule has 0 heterocycles. The Kier molecular flexibility index (Phi) is 2.60. The maximum atomic E-state index is 13.3. The highest BCUT2D eigenvalue weighted by Gasteiger charge is 2.20. The third kappa shape index (κ3) is 1.48. The van der Waals surface area contributed by atoms with Gasteiger partial charge in [-0.05, 0) is 18.6 Å². The van der Waals surface area contributed by atoms with E-state index >= 15 is 0 Å². The van der Waals surface area contributed by atoms with Crippen molar-refractivity contribution < 1.29 is 24.1 Å². The van der Waals surface area contributed by atoms with Crippen molar-refractivity contribution >= 4 is 5.97 Å². The molecule has 0 spiro atoms. The summed E-state index contributed by atoms with van der Waals surface area (Å²) in [6.07, 6.45) is 0. The summed E-state index contributed by atoms with van der Waals surface area (Å²) >= 11 is 0. The largest absolute Gasteiger partial charge is 0.504 e.